The second kappa shape index (κ2) is 9.18. The first kappa shape index (κ1) is 18.9. The van der Waals surface area contributed by atoms with E-state index in [0.717, 1.165) is 18.4 Å². The summed E-state index contributed by atoms with van der Waals surface area (Å²) in [4.78, 5) is 23.4. The van der Waals surface area contributed by atoms with E-state index in [2.05, 4.69) is 15.5 Å². The summed E-state index contributed by atoms with van der Waals surface area (Å²) in [5, 5.41) is 9.72. The van der Waals surface area contributed by atoms with Crippen molar-refractivity contribution in [2.45, 2.75) is 37.8 Å². The molecule has 0 aliphatic carbocycles. The van der Waals surface area contributed by atoms with E-state index < -0.39 is 5.91 Å². The van der Waals surface area contributed by atoms with Crippen LogP contribution in [-0.2, 0) is 16.0 Å². The van der Waals surface area contributed by atoms with Gasteiger partial charge in [-0.1, -0.05) is 0 Å². The van der Waals surface area contributed by atoms with E-state index in [1.807, 2.05) is 6.20 Å². The first-order valence-corrected chi connectivity index (χ1v) is 9.03. The van der Waals surface area contributed by atoms with Crippen LogP contribution >= 0.6 is 0 Å². The van der Waals surface area contributed by atoms with Crippen LogP contribution in [0.2, 0.25) is 0 Å². The average Bonchev–Trinajstić information content (AvgIpc) is 3.17. The number of carbonyl (C=O) groups excluding carboxylic acids is 2. The van der Waals surface area contributed by atoms with Gasteiger partial charge in [0, 0.05) is 24.8 Å². The Bertz CT molecular complexity index is 746. The van der Waals surface area contributed by atoms with E-state index in [9.17, 15) is 9.59 Å². The van der Waals surface area contributed by atoms with Gasteiger partial charge in [-0.2, -0.15) is 5.10 Å². The Labute approximate surface area is 157 Å². The number of benzene rings is 1. The molecule has 1 aliphatic heterocycles. The topological polar surface area (TPSA) is 119 Å². The number of nitrogens with zero attached hydrogens (tertiary/aromatic N) is 1. The number of carbonyl (C=O) groups is 2. The Morgan fingerprint density at radius 1 is 1.33 bits per heavy atom. The van der Waals surface area contributed by atoms with Crippen LogP contribution in [-0.4, -0.2) is 47.4 Å². The molecule has 2 heterocycles. The molecular formula is C19H24N4O4. The molecule has 8 nitrogen and oxygen atoms in total. The molecule has 2 atom stereocenters. The number of aromatic amines is 1. The highest BCUT2D eigenvalue weighted by atomic mass is 16.5. The highest BCUT2D eigenvalue weighted by Crippen LogP contribution is 2.19. The minimum Gasteiger partial charge on any atom is -0.486 e. The third kappa shape index (κ3) is 5.55. The number of primary amides is 1. The molecule has 2 amide bonds. The van der Waals surface area contributed by atoms with E-state index in [4.69, 9.17) is 15.2 Å². The molecule has 1 aromatic heterocycles. The molecule has 0 bridgehead atoms. The lowest BCUT2D eigenvalue weighted by Crippen LogP contribution is -2.51. The number of hydrogen-bond acceptors (Lipinski definition) is 5. The first-order chi connectivity index (χ1) is 13.1. The van der Waals surface area contributed by atoms with E-state index >= 15 is 0 Å². The zero-order chi connectivity index (χ0) is 19.1. The lowest BCUT2D eigenvalue weighted by atomic mass is 10.0. The molecule has 0 spiro atoms. The SMILES string of the molecule is NC(=O)c1ccc(O[C@@H]2COCC[C@H]2NC(=O)CCCc2cn[nH]c2)cc1. The van der Waals surface area contributed by atoms with Crippen LogP contribution in [0.25, 0.3) is 0 Å². The molecule has 1 fully saturated rings. The predicted octanol–water partition coefficient (Wildman–Crippen LogP) is 1.18. The highest BCUT2D eigenvalue weighted by molar-refractivity contribution is 5.92. The summed E-state index contributed by atoms with van der Waals surface area (Å²) in [5.74, 6) is 0.126. The van der Waals surface area contributed by atoms with Gasteiger partial charge < -0.3 is 20.5 Å². The van der Waals surface area contributed by atoms with Crippen molar-refractivity contribution in [3.8, 4) is 5.75 Å². The quantitative estimate of drug-likeness (QED) is 0.643. The number of nitrogens with one attached hydrogen (secondary N) is 2. The number of hydrogen-bond donors (Lipinski definition) is 3. The first-order valence-electron chi connectivity index (χ1n) is 9.03. The maximum atomic E-state index is 12.3. The van der Waals surface area contributed by atoms with Crippen molar-refractivity contribution in [1.82, 2.24) is 15.5 Å². The van der Waals surface area contributed by atoms with Crippen molar-refractivity contribution >= 4 is 11.8 Å². The second-order valence-electron chi connectivity index (χ2n) is 6.54. The highest BCUT2D eigenvalue weighted by Gasteiger charge is 2.28. The molecule has 0 radical (unpaired) electrons. The second-order valence-corrected chi connectivity index (χ2v) is 6.54. The minimum absolute atomic E-state index is 0.00284. The van der Waals surface area contributed by atoms with Crippen molar-refractivity contribution in [3.63, 3.8) is 0 Å². The molecule has 8 heteroatoms. The number of ether oxygens (including phenoxy) is 2. The molecule has 0 saturated carbocycles. The zero-order valence-electron chi connectivity index (χ0n) is 15.0. The molecule has 144 valence electrons. The number of nitrogens with two attached hydrogens (primary N) is 1. The fourth-order valence-corrected chi connectivity index (χ4v) is 3.01. The van der Waals surface area contributed by atoms with Crippen molar-refractivity contribution in [2.24, 2.45) is 5.73 Å². The monoisotopic (exact) mass is 372 g/mol. The van der Waals surface area contributed by atoms with Crippen molar-refractivity contribution in [3.05, 3.63) is 47.8 Å². The van der Waals surface area contributed by atoms with Gasteiger partial charge in [0.2, 0.25) is 11.8 Å². The number of rotatable bonds is 8. The molecule has 3 rings (SSSR count). The summed E-state index contributed by atoms with van der Waals surface area (Å²) < 4.78 is 11.5. The molecule has 1 aromatic carbocycles. The summed E-state index contributed by atoms with van der Waals surface area (Å²) >= 11 is 0. The van der Waals surface area contributed by atoms with E-state index in [0.29, 0.717) is 37.4 Å². The lowest BCUT2D eigenvalue weighted by molar-refractivity contribution is -0.124. The summed E-state index contributed by atoms with van der Waals surface area (Å²) in [5.41, 5.74) is 6.76. The van der Waals surface area contributed by atoms with Gasteiger partial charge in [-0.3, -0.25) is 14.7 Å². The van der Waals surface area contributed by atoms with Crippen molar-refractivity contribution in [1.29, 1.82) is 0 Å². The molecule has 4 N–H and O–H groups in total. The number of H-pyrrole nitrogens is 1. The zero-order valence-corrected chi connectivity index (χ0v) is 15.0. The van der Waals surface area contributed by atoms with Gasteiger partial charge in [0.05, 0.1) is 18.8 Å². The largest absolute Gasteiger partial charge is 0.486 e. The fraction of sp³-hybridized carbons (Fsp3) is 0.421. The third-order valence-electron chi connectivity index (χ3n) is 4.50. The van der Waals surface area contributed by atoms with E-state index in [1.54, 1.807) is 30.5 Å². The number of aryl methyl sites for hydroxylation is 1. The molecule has 1 aliphatic rings. The van der Waals surface area contributed by atoms with Gasteiger partial charge in [-0.25, -0.2) is 0 Å². The van der Waals surface area contributed by atoms with Gasteiger partial charge in [-0.15, -0.1) is 0 Å². The Hall–Kier alpha value is -2.87. The Morgan fingerprint density at radius 3 is 2.85 bits per heavy atom. The maximum Gasteiger partial charge on any atom is 0.248 e. The predicted molar refractivity (Wildman–Crippen MR) is 98.3 cm³/mol. The summed E-state index contributed by atoms with van der Waals surface area (Å²) in [6, 6.07) is 6.50. The van der Waals surface area contributed by atoms with Crippen LogP contribution in [0, 0.1) is 0 Å². The molecule has 27 heavy (non-hydrogen) atoms. The van der Waals surface area contributed by atoms with Gasteiger partial charge in [0.15, 0.2) is 0 Å². The molecule has 0 unspecified atom stereocenters. The van der Waals surface area contributed by atoms with Gasteiger partial charge in [-0.05, 0) is 49.1 Å². The van der Waals surface area contributed by atoms with Crippen molar-refractivity contribution in [2.75, 3.05) is 13.2 Å². The smallest absolute Gasteiger partial charge is 0.248 e. The standard InChI is InChI=1S/C19H24N4O4/c20-19(25)14-4-6-15(7-5-14)27-17-12-26-9-8-16(17)23-18(24)3-1-2-13-10-21-22-11-13/h4-7,10-11,16-17H,1-3,8-9,12H2,(H2,20,25)(H,21,22)(H,23,24)/t16-,17-/m1/s1. The van der Waals surface area contributed by atoms with Gasteiger partial charge >= 0.3 is 0 Å². The van der Waals surface area contributed by atoms with Crippen LogP contribution in [0.15, 0.2) is 36.7 Å². The lowest BCUT2D eigenvalue weighted by Gasteiger charge is -2.32. The Kier molecular flexibility index (Phi) is 6.43. The average molecular weight is 372 g/mol. The van der Waals surface area contributed by atoms with Gasteiger partial charge in [0.25, 0.3) is 0 Å². The van der Waals surface area contributed by atoms with Crippen LogP contribution in [0.1, 0.15) is 35.2 Å². The summed E-state index contributed by atoms with van der Waals surface area (Å²) in [6.07, 6.45) is 6.03. The van der Waals surface area contributed by atoms with Crippen LogP contribution in [0.3, 0.4) is 0 Å². The summed E-state index contributed by atoms with van der Waals surface area (Å²) in [6.45, 7) is 0.984. The van der Waals surface area contributed by atoms with Crippen LogP contribution in [0.5, 0.6) is 5.75 Å². The fourth-order valence-electron chi connectivity index (χ4n) is 3.01. The van der Waals surface area contributed by atoms with E-state index in [1.165, 1.54) is 0 Å². The normalized spacial score (nSPS) is 19.4. The molecule has 1 saturated heterocycles. The van der Waals surface area contributed by atoms with E-state index in [-0.39, 0.29) is 18.1 Å². The Balaban J connectivity index is 1.50. The summed E-state index contributed by atoms with van der Waals surface area (Å²) in [7, 11) is 0. The van der Waals surface area contributed by atoms with Crippen LogP contribution in [0.4, 0.5) is 0 Å². The number of aromatic nitrogens is 2. The Morgan fingerprint density at radius 2 is 2.15 bits per heavy atom. The third-order valence-corrected chi connectivity index (χ3v) is 4.50. The number of amides is 2. The van der Waals surface area contributed by atoms with Crippen molar-refractivity contribution < 1.29 is 19.1 Å². The maximum absolute atomic E-state index is 12.3. The van der Waals surface area contributed by atoms with Crippen LogP contribution < -0.4 is 15.8 Å². The minimum atomic E-state index is -0.483. The van der Waals surface area contributed by atoms with Gasteiger partial charge in [0.1, 0.15) is 11.9 Å². The molecular weight excluding hydrogens is 348 g/mol. The molecule has 2 aromatic rings.